The van der Waals surface area contributed by atoms with E-state index in [2.05, 4.69) is 21.7 Å². The van der Waals surface area contributed by atoms with Crippen molar-refractivity contribution in [1.82, 2.24) is 0 Å². The van der Waals surface area contributed by atoms with E-state index >= 15 is 0 Å². The van der Waals surface area contributed by atoms with Gasteiger partial charge in [0, 0.05) is 29.9 Å². The van der Waals surface area contributed by atoms with Crippen LogP contribution in [-0.4, -0.2) is 43.3 Å². The number of carbonyl (C=O) groups is 1. The molecule has 0 amide bonds. The van der Waals surface area contributed by atoms with Crippen molar-refractivity contribution in [3.8, 4) is 0 Å². The van der Waals surface area contributed by atoms with Gasteiger partial charge in [-0.2, -0.15) is 10.2 Å². The van der Waals surface area contributed by atoms with E-state index in [-0.39, 0.29) is 18.4 Å². The van der Waals surface area contributed by atoms with Crippen molar-refractivity contribution in [2.75, 3.05) is 31.2 Å². The molecule has 9 heteroatoms. The number of nitro benzene ring substituents is 1. The first-order valence-corrected chi connectivity index (χ1v) is 10.2. The van der Waals surface area contributed by atoms with Crippen LogP contribution in [0, 0.1) is 10.1 Å². The van der Waals surface area contributed by atoms with Crippen LogP contribution in [0.15, 0.2) is 70.9 Å². The summed E-state index contributed by atoms with van der Waals surface area (Å²) in [6.07, 6.45) is 0.125. The van der Waals surface area contributed by atoms with Gasteiger partial charge < -0.3 is 14.4 Å². The Morgan fingerprint density at radius 2 is 1.56 bits per heavy atom. The smallest absolute Gasteiger partial charge is 0.333 e. The number of nitrogens with zero attached hydrogens (tertiary/aromatic N) is 4. The van der Waals surface area contributed by atoms with E-state index < -0.39 is 10.9 Å². The van der Waals surface area contributed by atoms with Crippen molar-refractivity contribution >= 4 is 28.7 Å². The van der Waals surface area contributed by atoms with Crippen molar-refractivity contribution in [3.63, 3.8) is 0 Å². The third-order valence-corrected chi connectivity index (χ3v) is 4.31. The average Bonchev–Trinajstić information content (AvgIpc) is 2.77. The molecule has 2 rings (SSSR count). The third kappa shape index (κ3) is 8.27. The Hall–Kier alpha value is -3.59. The van der Waals surface area contributed by atoms with E-state index in [0.29, 0.717) is 36.6 Å². The van der Waals surface area contributed by atoms with Gasteiger partial charge in [-0.1, -0.05) is 6.58 Å². The normalized spacial score (nSPS) is 11.0. The first-order valence-electron chi connectivity index (χ1n) is 10.2. The number of rotatable bonds is 12. The zero-order chi connectivity index (χ0) is 23.5. The molecule has 0 saturated carbocycles. The fourth-order valence-corrected chi connectivity index (χ4v) is 2.63. The van der Waals surface area contributed by atoms with Crippen LogP contribution in [0.1, 0.15) is 20.8 Å². The van der Waals surface area contributed by atoms with Crippen molar-refractivity contribution in [1.29, 1.82) is 0 Å². The van der Waals surface area contributed by atoms with Crippen LogP contribution in [0.4, 0.5) is 22.7 Å². The Labute approximate surface area is 187 Å². The number of hydrogen-bond donors (Lipinski definition) is 0. The summed E-state index contributed by atoms with van der Waals surface area (Å²) >= 11 is 0. The van der Waals surface area contributed by atoms with Gasteiger partial charge in [0.25, 0.3) is 5.69 Å². The Morgan fingerprint density at radius 3 is 2.06 bits per heavy atom. The van der Waals surface area contributed by atoms with E-state index in [9.17, 15) is 14.9 Å². The van der Waals surface area contributed by atoms with Crippen LogP contribution in [0.25, 0.3) is 0 Å². The third-order valence-electron chi connectivity index (χ3n) is 4.31. The number of azo groups is 1. The van der Waals surface area contributed by atoms with E-state index in [1.54, 1.807) is 19.1 Å². The summed E-state index contributed by atoms with van der Waals surface area (Å²) in [5.74, 6) is -0.412. The first kappa shape index (κ1) is 24.7. The molecule has 0 heterocycles. The van der Waals surface area contributed by atoms with Crippen LogP contribution in [0.2, 0.25) is 0 Å². The van der Waals surface area contributed by atoms with E-state index in [1.165, 1.54) is 12.1 Å². The fourth-order valence-electron chi connectivity index (χ4n) is 2.63. The number of carbonyl (C=O) groups excluding carboxylic acids is 1. The monoisotopic (exact) mass is 440 g/mol. The lowest BCUT2D eigenvalue weighted by atomic mass is 10.2. The molecule has 0 bridgehead atoms. The largest absolute Gasteiger partial charge is 0.460 e. The minimum absolute atomic E-state index is 0.00349. The number of non-ortho nitro benzene ring substituents is 1. The summed E-state index contributed by atoms with van der Waals surface area (Å²) in [5, 5.41) is 19.0. The van der Waals surface area contributed by atoms with Crippen molar-refractivity contribution in [3.05, 3.63) is 70.8 Å². The molecule has 2 aromatic carbocycles. The van der Waals surface area contributed by atoms with E-state index in [0.717, 1.165) is 5.69 Å². The molecule has 170 valence electrons. The van der Waals surface area contributed by atoms with Crippen molar-refractivity contribution < 1.29 is 19.2 Å². The molecule has 9 nitrogen and oxygen atoms in total. The fraction of sp³-hybridized carbons (Fsp3) is 0.348. The molecular formula is C23H28N4O5. The molecule has 0 N–H and O–H groups in total. The van der Waals surface area contributed by atoms with Gasteiger partial charge >= 0.3 is 5.97 Å². The Bertz CT molecular complexity index is 940. The summed E-state index contributed by atoms with van der Waals surface area (Å²) in [6.45, 7) is 11.0. The molecule has 0 fully saturated rings. The summed E-state index contributed by atoms with van der Waals surface area (Å²) in [4.78, 5) is 23.9. The van der Waals surface area contributed by atoms with Gasteiger partial charge in [0.2, 0.25) is 0 Å². The average molecular weight is 441 g/mol. The van der Waals surface area contributed by atoms with Crippen LogP contribution in [-0.2, 0) is 14.3 Å². The highest BCUT2D eigenvalue weighted by Gasteiger charge is 2.10. The first-order chi connectivity index (χ1) is 15.3. The second kappa shape index (κ2) is 12.3. The highest BCUT2D eigenvalue weighted by Crippen LogP contribution is 2.23. The number of benzene rings is 2. The van der Waals surface area contributed by atoms with Crippen LogP contribution >= 0.6 is 0 Å². The quantitative estimate of drug-likeness (QED) is 0.145. The second-order valence-corrected chi connectivity index (χ2v) is 7.31. The zero-order valence-electron chi connectivity index (χ0n) is 18.6. The molecule has 0 radical (unpaired) electrons. The minimum Gasteiger partial charge on any atom is -0.460 e. The summed E-state index contributed by atoms with van der Waals surface area (Å²) < 4.78 is 10.9. The Morgan fingerprint density at radius 1 is 1.03 bits per heavy atom. The Balaban J connectivity index is 2.03. The van der Waals surface area contributed by atoms with Crippen molar-refractivity contribution in [2.45, 2.75) is 26.9 Å². The van der Waals surface area contributed by atoms with Gasteiger partial charge in [-0.05, 0) is 57.2 Å². The van der Waals surface area contributed by atoms with Crippen LogP contribution in [0.3, 0.4) is 0 Å². The van der Waals surface area contributed by atoms with Gasteiger partial charge in [-0.3, -0.25) is 10.1 Å². The molecule has 0 aliphatic carbocycles. The minimum atomic E-state index is -0.461. The lowest BCUT2D eigenvalue weighted by molar-refractivity contribution is -0.384. The van der Waals surface area contributed by atoms with Crippen molar-refractivity contribution in [2.24, 2.45) is 10.2 Å². The summed E-state index contributed by atoms with van der Waals surface area (Å²) in [5.41, 5.74) is 2.45. The molecule has 32 heavy (non-hydrogen) atoms. The molecule has 0 aliphatic rings. The van der Waals surface area contributed by atoms with Gasteiger partial charge in [0.15, 0.2) is 0 Å². The SMILES string of the molecule is C=C(C)C(=O)OCCN(CCOC(C)C)c1ccc(N=Nc2ccc([N+](=O)[O-])cc2)cc1. The standard InChI is InChI=1S/C23H28N4O5/c1-17(2)23(28)32-16-14-26(13-15-31-18(3)4)21-9-5-19(6-10-21)24-25-20-7-11-22(12-8-20)27(29)30/h5-12,18H,1,13-16H2,2-4H3. The maximum absolute atomic E-state index is 11.6. The molecule has 0 spiro atoms. The van der Waals surface area contributed by atoms with Crippen LogP contribution < -0.4 is 4.90 Å². The van der Waals surface area contributed by atoms with Gasteiger partial charge in [0.1, 0.15) is 6.61 Å². The number of esters is 1. The lowest BCUT2D eigenvalue weighted by Crippen LogP contribution is -2.32. The van der Waals surface area contributed by atoms with Crippen LogP contribution in [0.5, 0.6) is 0 Å². The maximum Gasteiger partial charge on any atom is 0.333 e. The van der Waals surface area contributed by atoms with E-state index in [1.807, 2.05) is 38.1 Å². The maximum atomic E-state index is 11.6. The van der Waals surface area contributed by atoms with Gasteiger partial charge in [0.05, 0.1) is 35.6 Å². The topological polar surface area (TPSA) is 107 Å². The Kier molecular flexibility index (Phi) is 9.49. The number of ether oxygens (including phenoxy) is 2. The highest BCUT2D eigenvalue weighted by atomic mass is 16.6. The summed E-state index contributed by atoms with van der Waals surface area (Å²) in [6, 6.07) is 13.3. The molecule has 0 saturated heterocycles. The predicted molar refractivity (Wildman–Crippen MR) is 123 cm³/mol. The molecule has 2 aromatic rings. The van der Waals surface area contributed by atoms with Gasteiger partial charge in [-0.25, -0.2) is 4.79 Å². The second-order valence-electron chi connectivity index (χ2n) is 7.31. The molecule has 0 aromatic heterocycles. The molecule has 0 aliphatic heterocycles. The molecular weight excluding hydrogens is 412 g/mol. The zero-order valence-corrected chi connectivity index (χ0v) is 18.6. The molecule has 0 atom stereocenters. The lowest BCUT2D eigenvalue weighted by Gasteiger charge is -2.25. The van der Waals surface area contributed by atoms with E-state index in [4.69, 9.17) is 9.47 Å². The summed E-state index contributed by atoms with van der Waals surface area (Å²) in [7, 11) is 0. The number of anilines is 1. The predicted octanol–water partition coefficient (Wildman–Crippen LogP) is 5.36. The number of hydrogen-bond acceptors (Lipinski definition) is 8. The highest BCUT2D eigenvalue weighted by molar-refractivity contribution is 5.86. The number of nitro groups is 1. The van der Waals surface area contributed by atoms with Gasteiger partial charge in [-0.15, -0.1) is 0 Å². The molecule has 0 unspecified atom stereocenters.